The SMILES string of the molecule is COc1ccc(NC(=O)[C@@H](C)n2c(=O)c(C(F)(F)F)nc3cc(C)c(C)cc32)cc1OC. The molecule has 10 heteroatoms. The molecule has 1 amide bonds. The molecule has 1 aromatic heterocycles. The lowest BCUT2D eigenvalue weighted by Gasteiger charge is -2.20. The van der Waals surface area contributed by atoms with E-state index in [-0.39, 0.29) is 11.0 Å². The second-order valence-corrected chi connectivity index (χ2v) is 7.29. The zero-order valence-electron chi connectivity index (χ0n) is 18.1. The van der Waals surface area contributed by atoms with Crippen molar-refractivity contribution in [3.8, 4) is 11.5 Å². The Morgan fingerprint density at radius 1 is 1.06 bits per heavy atom. The number of methoxy groups -OCH3 is 2. The van der Waals surface area contributed by atoms with Crippen LogP contribution in [-0.4, -0.2) is 29.7 Å². The summed E-state index contributed by atoms with van der Waals surface area (Å²) < 4.78 is 51.7. The molecule has 0 radical (unpaired) electrons. The third-order valence-corrected chi connectivity index (χ3v) is 5.19. The standard InChI is InChI=1S/C22H22F3N3O4/c1-11-8-15-16(9-12(11)2)28(21(30)19(27-15)22(23,24)25)13(3)20(29)26-14-6-7-17(31-4)18(10-14)32-5/h6-10,13H,1-5H3,(H,26,29)/t13-/m1/s1. The van der Waals surface area contributed by atoms with Gasteiger partial charge in [0.15, 0.2) is 11.5 Å². The fraction of sp³-hybridized carbons (Fsp3) is 0.318. The number of carbonyl (C=O) groups excluding carboxylic acids is 1. The van der Waals surface area contributed by atoms with Crippen molar-refractivity contribution in [3.05, 3.63) is 57.5 Å². The molecule has 0 aliphatic carbocycles. The number of nitrogens with zero attached hydrogens (tertiary/aromatic N) is 2. The van der Waals surface area contributed by atoms with E-state index in [1.165, 1.54) is 33.3 Å². The van der Waals surface area contributed by atoms with Crippen molar-refractivity contribution in [2.75, 3.05) is 19.5 Å². The number of benzene rings is 2. The van der Waals surface area contributed by atoms with Crippen LogP contribution in [0.25, 0.3) is 11.0 Å². The third-order valence-electron chi connectivity index (χ3n) is 5.19. The van der Waals surface area contributed by atoms with Crippen LogP contribution < -0.4 is 20.3 Å². The zero-order valence-corrected chi connectivity index (χ0v) is 18.1. The highest BCUT2D eigenvalue weighted by Gasteiger charge is 2.38. The number of aryl methyl sites for hydroxylation is 2. The van der Waals surface area contributed by atoms with Crippen LogP contribution in [0.5, 0.6) is 11.5 Å². The first kappa shape index (κ1) is 23.1. The highest BCUT2D eigenvalue weighted by Crippen LogP contribution is 2.31. The molecule has 3 aromatic rings. The van der Waals surface area contributed by atoms with Gasteiger partial charge in [-0.15, -0.1) is 0 Å². The maximum atomic E-state index is 13.5. The fourth-order valence-corrected chi connectivity index (χ4v) is 3.31. The molecule has 0 saturated heterocycles. The Balaban J connectivity index is 2.11. The van der Waals surface area contributed by atoms with Crippen LogP contribution in [0.15, 0.2) is 35.1 Å². The predicted molar refractivity (Wildman–Crippen MR) is 113 cm³/mol. The van der Waals surface area contributed by atoms with Crippen molar-refractivity contribution in [3.63, 3.8) is 0 Å². The van der Waals surface area contributed by atoms with Gasteiger partial charge >= 0.3 is 6.18 Å². The molecule has 0 spiro atoms. The summed E-state index contributed by atoms with van der Waals surface area (Å²) in [5, 5.41) is 2.61. The van der Waals surface area contributed by atoms with Crippen molar-refractivity contribution < 1.29 is 27.4 Å². The molecule has 1 N–H and O–H groups in total. The first-order chi connectivity index (χ1) is 15.0. The van der Waals surface area contributed by atoms with Crippen molar-refractivity contribution in [2.24, 2.45) is 0 Å². The Kier molecular flexibility index (Phi) is 6.16. The minimum Gasteiger partial charge on any atom is -0.493 e. The normalized spacial score (nSPS) is 12.5. The van der Waals surface area contributed by atoms with Crippen LogP contribution >= 0.6 is 0 Å². The van der Waals surface area contributed by atoms with Crippen LogP contribution in [0.3, 0.4) is 0 Å². The van der Waals surface area contributed by atoms with Gasteiger partial charge in [-0.1, -0.05) is 0 Å². The first-order valence-electron chi connectivity index (χ1n) is 9.61. The van der Waals surface area contributed by atoms with Gasteiger partial charge in [0.1, 0.15) is 6.04 Å². The highest BCUT2D eigenvalue weighted by molar-refractivity contribution is 5.95. The Hall–Kier alpha value is -3.56. The maximum Gasteiger partial charge on any atom is 0.438 e. The summed E-state index contributed by atoms with van der Waals surface area (Å²) in [5.41, 5.74) is -1.05. The lowest BCUT2D eigenvalue weighted by molar-refractivity contribution is -0.142. The van der Waals surface area contributed by atoms with Crippen LogP contribution in [0.1, 0.15) is 29.8 Å². The molecule has 2 aromatic carbocycles. The summed E-state index contributed by atoms with van der Waals surface area (Å²) in [6.45, 7) is 4.84. The Labute approximate surface area is 181 Å². The first-order valence-corrected chi connectivity index (χ1v) is 9.61. The van der Waals surface area contributed by atoms with E-state index in [1.807, 2.05) is 0 Å². The lowest BCUT2D eigenvalue weighted by Crippen LogP contribution is -2.36. The van der Waals surface area contributed by atoms with Gasteiger partial charge in [-0.2, -0.15) is 13.2 Å². The van der Waals surface area contributed by atoms with E-state index in [9.17, 15) is 22.8 Å². The second-order valence-electron chi connectivity index (χ2n) is 7.29. The van der Waals surface area contributed by atoms with Crippen LogP contribution in [-0.2, 0) is 11.0 Å². The van der Waals surface area contributed by atoms with E-state index in [0.29, 0.717) is 22.7 Å². The van der Waals surface area contributed by atoms with Gasteiger partial charge in [0, 0.05) is 11.8 Å². The number of hydrogen-bond acceptors (Lipinski definition) is 5. The minimum atomic E-state index is -4.97. The van der Waals surface area contributed by atoms with Crippen LogP contribution in [0.4, 0.5) is 18.9 Å². The molecule has 1 atom stereocenters. The van der Waals surface area contributed by atoms with Gasteiger partial charge in [-0.25, -0.2) is 4.98 Å². The Bertz CT molecular complexity index is 1250. The number of alkyl halides is 3. The summed E-state index contributed by atoms with van der Waals surface area (Å²) >= 11 is 0. The zero-order chi connectivity index (χ0) is 23.8. The van der Waals surface area contributed by atoms with Gasteiger partial charge < -0.3 is 14.8 Å². The molecule has 0 bridgehead atoms. The average molecular weight is 449 g/mol. The van der Waals surface area contributed by atoms with E-state index in [0.717, 1.165) is 10.1 Å². The van der Waals surface area contributed by atoms with Crippen LogP contribution in [0, 0.1) is 13.8 Å². The Morgan fingerprint density at radius 3 is 2.28 bits per heavy atom. The predicted octanol–water partition coefficient (Wildman–Crippen LogP) is 4.25. The number of hydrogen-bond donors (Lipinski definition) is 1. The highest BCUT2D eigenvalue weighted by atomic mass is 19.4. The van der Waals surface area contributed by atoms with Crippen LogP contribution in [0.2, 0.25) is 0 Å². The number of ether oxygens (including phenoxy) is 2. The van der Waals surface area contributed by atoms with Gasteiger partial charge in [-0.3, -0.25) is 14.2 Å². The molecule has 7 nitrogen and oxygen atoms in total. The number of carbonyl (C=O) groups is 1. The average Bonchev–Trinajstić information content (AvgIpc) is 2.73. The molecular weight excluding hydrogens is 427 g/mol. The molecule has 32 heavy (non-hydrogen) atoms. The minimum absolute atomic E-state index is 0.0224. The molecule has 0 fully saturated rings. The van der Waals surface area contributed by atoms with Crippen molar-refractivity contribution in [1.82, 2.24) is 9.55 Å². The number of amides is 1. The number of rotatable bonds is 5. The quantitative estimate of drug-likeness (QED) is 0.630. The molecule has 0 aliphatic heterocycles. The molecule has 0 unspecified atom stereocenters. The van der Waals surface area contributed by atoms with E-state index >= 15 is 0 Å². The summed E-state index contributed by atoms with van der Waals surface area (Å²) in [5.74, 6) is 0.115. The van der Waals surface area contributed by atoms with Gasteiger partial charge in [0.2, 0.25) is 11.6 Å². The van der Waals surface area contributed by atoms with E-state index in [4.69, 9.17) is 9.47 Å². The molecule has 3 rings (SSSR count). The number of fused-ring (bicyclic) bond motifs is 1. The molecule has 1 heterocycles. The lowest BCUT2D eigenvalue weighted by atomic mass is 10.1. The third kappa shape index (κ3) is 4.25. The fourth-order valence-electron chi connectivity index (χ4n) is 3.31. The summed E-state index contributed by atoms with van der Waals surface area (Å²) in [6, 6.07) is 6.39. The van der Waals surface area contributed by atoms with Crippen molar-refractivity contribution in [1.29, 1.82) is 0 Å². The molecule has 170 valence electrons. The number of halogens is 3. The van der Waals surface area contributed by atoms with Crippen molar-refractivity contribution >= 4 is 22.6 Å². The van der Waals surface area contributed by atoms with Crippen molar-refractivity contribution in [2.45, 2.75) is 33.0 Å². The summed E-state index contributed by atoms with van der Waals surface area (Å²) in [7, 11) is 2.89. The summed E-state index contributed by atoms with van der Waals surface area (Å²) in [4.78, 5) is 29.3. The molecule has 0 aliphatic rings. The monoisotopic (exact) mass is 449 g/mol. The second kappa shape index (κ2) is 8.52. The van der Waals surface area contributed by atoms with E-state index in [1.54, 1.807) is 32.0 Å². The molecule has 0 saturated carbocycles. The van der Waals surface area contributed by atoms with Gasteiger partial charge in [0.05, 0.1) is 25.3 Å². The maximum absolute atomic E-state index is 13.5. The van der Waals surface area contributed by atoms with Gasteiger partial charge in [0.25, 0.3) is 5.56 Å². The number of nitrogens with one attached hydrogen (secondary N) is 1. The number of aromatic nitrogens is 2. The smallest absolute Gasteiger partial charge is 0.438 e. The Morgan fingerprint density at radius 2 is 1.69 bits per heavy atom. The largest absolute Gasteiger partial charge is 0.493 e. The van der Waals surface area contributed by atoms with Gasteiger partial charge in [-0.05, 0) is 56.2 Å². The van der Waals surface area contributed by atoms with E-state index < -0.39 is 29.4 Å². The topological polar surface area (TPSA) is 82.5 Å². The molecular formula is C22H22F3N3O4. The van der Waals surface area contributed by atoms with E-state index in [2.05, 4.69) is 10.3 Å². The number of anilines is 1. The summed E-state index contributed by atoms with van der Waals surface area (Å²) in [6.07, 6.45) is -4.97.